The Morgan fingerprint density at radius 2 is 2.20 bits per heavy atom. The number of halogens is 1. The van der Waals surface area contributed by atoms with E-state index in [1.54, 1.807) is 22.5 Å². The van der Waals surface area contributed by atoms with E-state index in [4.69, 9.17) is 0 Å². The van der Waals surface area contributed by atoms with Crippen LogP contribution in [0.15, 0.2) is 27.6 Å². The van der Waals surface area contributed by atoms with E-state index >= 15 is 0 Å². The maximum Gasteiger partial charge on any atom is 0.243 e. The van der Waals surface area contributed by atoms with Gasteiger partial charge < -0.3 is 5.32 Å². The molecule has 1 N–H and O–H groups in total. The van der Waals surface area contributed by atoms with Crippen LogP contribution in [0.2, 0.25) is 0 Å². The minimum absolute atomic E-state index is 0.279. The van der Waals surface area contributed by atoms with E-state index in [-0.39, 0.29) is 6.04 Å². The number of likely N-dealkylation sites (N-methyl/N-ethyl adjacent to an activating group) is 1. The van der Waals surface area contributed by atoms with Crippen LogP contribution in [0.4, 0.5) is 0 Å². The van der Waals surface area contributed by atoms with Crippen molar-refractivity contribution in [2.45, 2.75) is 37.6 Å². The van der Waals surface area contributed by atoms with E-state index in [0.717, 1.165) is 29.4 Å². The fraction of sp³-hybridized carbons (Fsp3) is 0.571. The minimum atomic E-state index is -3.41. The predicted molar refractivity (Wildman–Crippen MR) is 84.3 cm³/mol. The monoisotopic (exact) mass is 360 g/mol. The summed E-state index contributed by atoms with van der Waals surface area (Å²) < 4.78 is 27.9. The SMILES string of the molecule is CCN(CC1CCCN1)S(=O)(=O)c1ccc(Br)c(C)c1. The molecule has 112 valence electrons. The summed E-state index contributed by atoms with van der Waals surface area (Å²) >= 11 is 3.40. The highest BCUT2D eigenvalue weighted by atomic mass is 79.9. The first-order valence-electron chi connectivity index (χ1n) is 6.95. The van der Waals surface area contributed by atoms with Gasteiger partial charge in [-0.3, -0.25) is 0 Å². The average Bonchev–Trinajstić information content (AvgIpc) is 2.91. The molecule has 0 saturated carbocycles. The first kappa shape index (κ1) is 15.9. The van der Waals surface area contributed by atoms with E-state index in [1.165, 1.54) is 0 Å². The Hall–Kier alpha value is -0.430. The van der Waals surface area contributed by atoms with Crippen molar-refractivity contribution in [3.63, 3.8) is 0 Å². The van der Waals surface area contributed by atoms with Gasteiger partial charge in [0.1, 0.15) is 0 Å². The highest BCUT2D eigenvalue weighted by Crippen LogP contribution is 2.23. The normalized spacial score (nSPS) is 19.7. The van der Waals surface area contributed by atoms with Crippen LogP contribution in [0.5, 0.6) is 0 Å². The molecular weight excluding hydrogens is 340 g/mol. The molecule has 0 amide bonds. The van der Waals surface area contributed by atoms with Crippen molar-refractivity contribution in [2.24, 2.45) is 0 Å². The molecule has 1 unspecified atom stereocenters. The average molecular weight is 361 g/mol. The molecule has 2 rings (SSSR count). The Kier molecular flexibility index (Phi) is 5.23. The van der Waals surface area contributed by atoms with Gasteiger partial charge in [0.25, 0.3) is 0 Å². The first-order valence-corrected chi connectivity index (χ1v) is 9.18. The van der Waals surface area contributed by atoms with Crippen LogP contribution in [0, 0.1) is 6.92 Å². The number of aryl methyl sites for hydroxylation is 1. The Balaban J connectivity index is 2.23. The summed E-state index contributed by atoms with van der Waals surface area (Å²) in [6.07, 6.45) is 2.17. The van der Waals surface area contributed by atoms with Gasteiger partial charge in [-0.2, -0.15) is 4.31 Å². The topological polar surface area (TPSA) is 49.4 Å². The summed E-state index contributed by atoms with van der Waals surface area (Å²) in [6.45, 7) is 5.82. The van der Waals surface area contributed by atoms with Crippen LogP contribution >= 0.6 is 15.9 Å². The Morgan fingerprint density at radius 3 is 2.75 bits per heavy atom. The lowest BCUT2D eigenvalue weighted by Crippen LogP contribution is -2.40. The molecule has 1 aromatic rings. The van der Waals surface area contributed by atoms with Crippen molar-refractivity contribution >= 4 is 26.0 Å². The standard InChI is InChI=1S/C14H21BrN2O2S/c1-3-17(10-12-5-4-8-16-12)20(18,19)13-6-7-14(15)11(2)9-13/h6-7,9,12,16H,3-5,8,10H2,1-2H3. The smallest absolute Gasteiger partial charge is 0.243 e. The molecule has 0 spiro atoms. The molecule has 0 bridgehead atoms. The van der Waals surface area contributed by atoms with Crippen molar-refractivity contribution < 1.29 is 8.42 Å². The van der Waals surface area contributed by atoms with Gasteiger partial charge in [-0.1, -0.05) is 22.9 Å². The molecule has 0 radical (unpaired) electrons. The molecule has 4 nitrogen and oxygen atoms in total. The molecule has 1 heterocycles. The van der Waals surface area contributed by atoms with Gasteiger partial charge in [-0.15, -0.1) is 0 Å². The van der Waals surface area contributed by atoms with Crippen LogP contribution in [-0.4, -0.2) is 38.4 Å². The predicted octanol–water partition coefficient (Wildman–Crippen LogP) is 2.52. The number of nitrogens with one attached hydrogen (secondary N) is 1. The fourth-order valence-corrected chi connectivity index (χ4v) is 4.31. The van der Waals surface area contributed by atoms with Crippen molar-refractivity contribution in [3.8, 4) is 0 Å². The number of nitrogens with zero attached hydrogens (tertiary/aromatic N) is 1. The zero-order valence-electron chi connectivity index (χ0n) is 11.9. The van der Waals surface area contributed by atoms with Crippen LogP contribution in [0.25, 0.3) is 0 Å². The fourth-order valence-electron chi connectivity index (χ4n) is 2.48. The second-order valence-electron chi connectivity index (χ2n) is 5.16. The minimum Gasteiger partial charge on any atom is -0.313 e. The van der Waals surface area contributed by atoms with Gasteiger partial charge in [0, 0.05) is 23.6 Å². The van der Waals surface area contributed by atoms with Crippen LogP contribution < -0.4 is 5.32 Å². The van der Waals surface area contributed by atoms with E-state index in [1.807, 2.05) is 13.8 Å². The molecule has 0 aliphatic carbocycles. The Bertz CT molecular complexity index is 569. The highest BCUT2D eigenvalue weighted by molar-refractivity contribution is 9.10. The molecule has 1 aliphatic rings. The summed E-state index contributed by atoms with van der Waals surface area (Å²) in [4.78, 5) is 0.373. The lowest BCUT2D eigenvalue weighted by Gasteiger charge is -2.24. The molecule has 6 heteroatoms. The lowest BCUT2D eigenvalue weighted by atomic mass is 10.2. The summed E-state index contributed by atoms with van der Waals surface area (Å²) in [7, 11) is -3.41. The van der Waals surface area contributed by atoms with E-state index < -0.39 is 10.0 Å². The van der Waals surface area contributed by atoms with E-state index in [9.17, 15) is 8.42 Å². The summed E-state index contributed by atoms with van der Waals surface area (Å²) in [5.41, 5.74) is 0.932. The number of benzene rings is 1. The summed E-state index contributed by atoms with van der Waals surface area (Å²) in [5, 5.41) is 3.35. The molecule has 20 heavy (non-hydrogen) atoms. The van der Waals surface area contributed by atoms with Gasteiger partial charge in [-0.25, -0.2) is 8.42 Å². The van der Waals surface area contributed by atoms with Gasteiger partial charge in [-0.05, 0) is 50.1 Å². The second-order valence-corrected chi connectivity index (χ2v) is 7.95. The van der Waals surface area contributed by atoms with Crippen molar-refractivity contribution in [2.75, 3.05) is 19.6 Å². The van der Waals surface area contributed by atoms with Crippen LogP contribution in [0.1, 0.15) is 25.3 Å². The number of hydrogen-bond acceptors (Lipinski definition) is 3. The number of sulfonamides is 1. The van der Waals surface area contributed by atoms with Crippen molar-refractivity contribution in [1.82, 2.24) is 9.62 Å². The zero-order valence-corrected chi connectivity index (χ0v) is 14.3. The Labute approximate surface area is 129 Å². The third kappa shape index (κ3) is 3.42. The summed E-state index contributed by atoms with van der Waals surface area (Å²) in [6, 6.07) is 5.46. The van der Waals surface area contributed by atoms with Gasteiger partial charge in [0.2, 0.25) is 10.0 Å². The van der Waals surface area contributed by atoms with Crippen LogP contribution in [-0.2, 0) is 10.0 Å². The second kappa shape index (κ2) is 6.56. The third-order valence-corrected chi connectivity index (χ3v) is 6.53. The first-order chi connectivity index (χ1) is 9.45. The number of hydrogen-bond donors (Lipinski definition) is 1. The molecular formula is C14H21BrN2O2S. The highest BCUT2D eigenvalue weighted by Gasteiger charge is 2.27. The summed E-state index contributed by atoms with van der Waals surface area (Å²) in [5.74, 6) is 0. The maximum atomic E-state index is 12.7. The largest absolute Gasteiger partial charge is 0.313 e. The van der Waals surface area contributed by atoms with Gasteiger partial charge in [0.15, 0.2) is 0 Å². The van der Waals surface area contributed by atoms with Gasteiger partial charge >= 0.3 is 0 Å². The maximum absolute atomic E-state index is 12.7. The molecule has 0 aromatic heterocycles. The molecule has 1 atom stereocenters. The van der Waals surface area contributed by atoms with Crippen molar-refractivity contribution in [1.29, 1.82) is 0 Å². The third-order valence-electron chi connectivity index (χ3n) is 3.71. The zero-order chi connectivity index (χ0) is 14.8. The lowest BCUT2D eigenvalue weighted by molar-refractivity contribution is 0.383. The van der Waals surface area contributed by atoms with E-state index in [0.29, 0.717) is 18.0 Å². The van der Waals surface area contributed by atoms with Gasteiger partial charge in [0.05, 0.1) is 4.90 Å². The molecule has 1 fully saturated rings. The van der Waals surface area contributed by atoms with Crippen LogP contribution in [0.3, 0.4) is 0 Å². The Morgan fingerprint density at radius 1 is 1.45 bits per heavy atom. The molecule has 1 saturated heterocycles. The number of rotatable bonds is 5. The molecule has 1 aliphatic heterocycles. The van der Waals surface area contributed by atoms with Crippen molar-refractivity contribution in [3.05, 3.63) is 28.2 Å². The molecule has 1 aromatic carbocycles. The van der Waals surface area contributed by atoms with E-state index in [2.05, 4.69) is 21.2 Å². The quantitative estimate of drug-likeness (QED) is 0.877.